The molecule has 2 aromatic heterocycles. The maximum atomic E-state index is 13.3. The van der Waals surface area contributed by atoms with Gasteiger partial charge in [0, 0.05) is 35.5 Å². The van der Waals surface area contributed by atoms with Gasteiger partial charge in [-0.25, -0.2) is 4.68 Å². The van der Waals surface area contributed by atoms with Crippen LogP contribution >= 0.6 is 22.9 Å². The number of benzene rings is 2. The molecule has 1 fully saturated rings. The Morgan fingerprint density at radius 3 is 2.62 bits per heavy atom. The van der Waals surface area contributed by atoms with E-state index in [1.54, 1.807) is 35.0 Å². The molecule has 3 heterocycles. The normalized spacial score (nSPS) is 15.5. The second kappa shape index (κ2) is 11.6. The van der Waals surface area contributed by atoms with Gasteiger partial charge in [-0.3, -0.25) is 9.59 Å². The maximum absolute atomic E-state index is 13.3. The lowest BCUT2D eigenvalue weighted by Gasteiger charge is -2.13. The number of nitrogens with zero attached hydrogens (tertiary/aromatic N) is 2. The summed E-state index contributed by atoms with van der Waals surface area (Å²) in [7, 11) is 0. The van der Waals surface area contributed by atoms with Crippen LogP contribution < -0.4 is 10.6 Å². The molecule has 2 aromatic carbocycles. The Hall–Kier alpha value is -3.72. The first-order chi connectivity index (χ1) is 18.1. The van der Waals surface area contributed by atoms with Crippen molar-refractivity contribution in [1.82, 2.24) is 20.4 Å². The SMILES string of the molecule is O=C(NCC1CCCO1)/C(=C/c1cn(-c2ccccc2)nc1-c1ccc(Cl)cc1)NC(=O)c1cccs1. The van der Waals surface area contributed by atoms with Crippen LogP contribution in [0.15, 0.2) is 84.0 Å². The lowest BCUT2D eigenvalue weighted by molar-refractivity contribution is -0.118. The summed E-state index contributed by atoms with van der Waals surface area (Å²) in [6, 6.07) is 20.5. The third-order valence-electron chi connectivity index (χ3n) is 5.93. The average Bonchev–Trinajstić information content (AvgIpc) is 3.70. The highest BCUT2D eigenvalue weighted by Crippen LogP contribution is 2.27. The molecule has 4 aromatic rings. The quantitative estimate of drug-likeness (QED) is 0.301. The predicted molar refractivity (Wildman–Crippen MR) is 146 cm³/mol. The van der Waals surface area contributed by atoms with E-state index >= 15 is 0 Å². The summed E-state index contributed by atoms with van der Waals surface area (Å²) < 4.78 is 7.39. The van der Waals surface area contributed by atoms with Crippen molar-refractivity contribution in [3.63, 3.8) is 0 Å². The second-order valence-corrected chi connectivity index (χ2v) is 9.94. The van der Waals surface area contributed by atoms with Crippen molar-refractivity contribution in [2.75, 3.05) is 13.2 Å². The molecule has 2 N–H and O–H groups in total. The Morgan fingerprint density at radius 2 is 1.92 bits per heavy atom. The molecule has 0 bridgehead atoms. The number of para-hydroxylation sites is 1. The fourth-order valence-corrected chi connectivity index (χ4v) is 4.80. The number of hydrogen-bond donors (Lipinski definition) is 2. The van der Waals surface area contributed by atoms with Crippen LogP contribution in [0.2, 0.25) is 5.02 Å². The van der Waals surface area contributed by atoms with E-state index in [4.69, 9.17) is 21.4 Å². The van der Waals surface area contributed by atoms with Gasteiger partial charge in [0.2, 0.25) is 0 Å². The fourth-order valence-electron chi connectivity index (χ4n) is 4.05. The Balaban J connectivity index is 1.53. The molecule has 1 aliphatic heterocycles. The Bertz CT molecular complexity index is 1390. The summed E-state index contributed by atoms with van der Waals surface area (Å²) in [6.07, 6.45) is 5.34. The minimum atomic E-state index is -0.394. The van der Waals surface area contributed by atoms with Gasteiger partial charge < -0.3 is 15.4 Å². The fraction of sp³-hybridized carbons (Fsp3) is 0.179. The summed E-state index contributed by atoms with van der Waals surface area (Å²) in [4.78, 5) is 26.7. The van der Waals surface area contributed by atoms with E-state index < -0.39 is 5.91 Å². The number of hydrogen-bond acceptors (Lipinski definition) is 5. The van der Waals surface area contributed by atoms with Gasteiger partial charge in [-0.1, -0.05) is 48.0 Å². The molecule has 5 rings (SSSR count). The van der Waals surface area contributed by atoms with E-state index in [0.717, 1.165) is 24.1 Å². The number of thiophene rings is 1. The highest BCUT2D eigenvalue weighted by atomic mass is 35.5. The molecule has 1 atom stereocenters. The average molecular weight is 533 g/mol. The molecule has 1 saturated heterocycles. The molecule has 9 heteroatoms. The number of halogens is 1. The van der Waals surface area contributed by atoms with Crippen LogP contribution in [-0.2, 0) is 9.53 Å². The summed E-state index contributed by atoms with van der Waals surface area (Å²) in [5.41, 5.74) is 3.13. The summed E-state index contributed by atoms with van der Waals surface area (Å²) >= 11 is 7.42. The Labute approximate surface area is 223 Å². The molecular formula is C28H25ClN4O3S. The smallest absolute Gasteiger partial charge is 0.267 e. The molecular weight excluding hydrogens is 508 g/mol. The molecule has 37 heavy (non-hydrogen) atoms. The van der Waals surface area contributed by atoms with Gasteiger partial charge in [-0.15, -0.1) is 11.3 Å². The Morgan fingerprint density at radius 1 is 1.11 bits per heavy atom. The van der Waals surface area contributed by atoms with Crippen LogP contribution in [0.4, 0.5) is 0 Å². The Kier molecular flexibility index (Phi) is 7.79. The van der Waals surface area contributed by atoms with Crippen LogP contribution in [0.25, 0.3) is 23.0 Å². The summed E-state index contributed by atoms with van der Waals surface area (Å²) in [5, 5.41) is 12.9. The van der Waals surface area contributed by atoms with E-state index in [2.05, 4.69) is 10.6 Å². The first-order valence-electron chi connectivity index (χ1n) is 11.9. The van der Waals surface area contributed by atoms with Crippen LogP contribution in [0, 0.1) is 0 Å². The van der Waals surface area contributed by atoms with Gasteiger partial charge >= 0.3 is 0 Å². The van der Waals surface area contributed by atoms with Crippen molar-refractivity contribution in [3.05, 3.63) is 99.5 Å². The van der Waals surface area contributed by atoms with Crippen molar-refractivity contribution >= 4 is 40.8 Å². The van der Waals surface area contributed by atoms with Gasteiger partial charge in [0.1, 0.15) is 11.4 Å². The zero-order chi connectivity index (χ0) is 25.6. The van der Waals surface area contributed by atoms with Crippen molar-refractivity contribution in [1.29, 1.82) is 0 Å². The van der Waals surface area contributed by atoms with Crippen LogP contribution in [0.3, 0.4) is 0 Å². The third kappa shape index (κ3) is 6.17. The van der Waals surface area contributed by atoms with E-state index in [9.17, 15) is 9.59 Å². The molecule has 188 valence electrons. The second-order valence-electron chi connectivity index (χ2n) is 8.55. The van der Waals surface area contributed by atoms with Crippen LogP contribution in [0.1, 0.15) is 28.1 Å². The van der Waals surface area contributed by atoms with Gasteiger partial charge in [0.15, 0.2) is 0 Å². The molecule has 0 spiro atoms. The molecule has 0 aliphatic carbocycles. The highest BCUT2D eigenvalue weighted by molar-refractivity contribution is 7.12. The first kappa shape index (κ1) is 25.0. The van der Waals surface area contributed by atoms with Crippen molar-refractivity contribution < 1.29 is 14.3 Å². The van der Waals surface area contributed by atoms with E-state index in [0.29, 0.717) is 34.3 Å². The minimum Gasteiger partial charge on any atom is -0.376 e. The van der Waals surface area contributed by atoms with Crippen LogP contribution in [0.5, 0.6) is 0 Å². The third-order valence-corrected chi connectivity index (χ3v) is 7.05. The number of rotatable bonds is 8. The van der Waals surface area contributed by atoms with E-state index in [1.807, 2.05) is 54.0 Å². The summed E-state index contributed by atoms with van der Waals surface area (Å²) in [5.74, 6) is -0.744. The number of nitrogens with one attached hydrogen (secondary N) is 2. The number of carbonyl (C=O) groups is 2. The predicted octanol–water partition coefficient (Wildman–Crippen LogP) is 5.32. The highest BCUT2D eigenvalue weighted by Gasteiger charge is 2.21. The molecule has 0 saturated carbocycles. The van der Waals surface area contributed by atoms with E-state index in [-0.39, 0.29) is 17.7 Å². The van der Waals surface area contributed by atoms with Crippen LogP contribution in [-0.4, -0.2) is 40.9 Å². The van der Waals surface area contributed by atoms with Gasteiger partial charge in [-0.05, 0) is 54.6 Å². The molecule has 1 aliphatic rings. The number of carbonyl (C=O) groups excluding carboxylic acids is 2. The lowest BCUT2D eigenvalue weighted by Crippen LogP contribution is -2.38. The maximum Gasteiger partial charge on any atom is 0.267 e. The molecule has 7 nitrogen and oxygen atoms in total. The lowest BCUT2D eigenvalue weighted by atomic mass is 10.1. The van der Waals surface area contributed by atoms with Gasteiger partial charge in [0.05, 0.1) is 16.7 Å². The number of aromatic nitrogens is 2. The zero-order valence-corrected chi connectivity index (χ0v) is 21.5. The monoisotopic (exact) mass is 532 g/mol. The van der Waals surface area contributed by atoms with Gasteiger partial charge in [-0.2, -0.15) is 5.10 Å². The zero-order valence-electron chi connectivity index (χ0n) is 19.9. The minimum absolute atomic E-state index is 0.0244. The number of ether oxygens (including phenoxy) is 1. The number of amides is 2. The first-order valence-corrected chi connectivity index (χ1v) is 13.2. The van der Waals surface area contributed by atoms with Crippen molar-refractivity contribution in [2.24, 2.45) is 0 Å². The van der Waals surface area contributed by atoms with Gasteiger partial charge in [0.25, 0.3) is 11.8 Å². The standard InChI is InChI=1S/C28H25ClN4O3S/c29-21-12-10-19(11-13-21)26-20(18-33(32-26)22-6-2-1-3-7-22)16-24(31-28(35)25-9-5-15-37-25)27(34)30-17-23-8-4-14-36-23/h1-3,5-7,9-13,15-16,18,23H,4,8,14,17H2,(H,30,34)(H,31,35)/b24-16-. The largest absolute Gasteiger partial charge is 0.376 e. The molecule has 1 unspecified atom stereocenters. The van der Waals surface area contributed by atoms with Crippen molar-refractivity contribution in [2.45, 2.75) is 18.9 Å². The summed E-state index contributed by atoms with van der Waals surface area (Å²) in [6.45, 7) is 1.07. The molecule has 2 amide bonds. The molecule has 0 radical (unpaired) electrons. The van der Waals surface area contributed by atoms with E-state index in [1.165, 1.54) is 11.3 Å². The van der Waals surface area contributed by atoms with Crippen molar-refractivity contribution in [3.8, 4) is 16.9 Å². The topological polar surface area (TPSA) is 85.2 Å².